The van der Waals surface area contributed by atoms with Crippen LogP contribution in [0, 0.1) is 11.8 Å². The maximum absolute atomic E-state index is 13.9. The quantitative estimate of drug-likeness (QED) is 0.388. The molecule has 2 aromatic carbocycles. The largest absolute Gasteiger partial charge is 0.497 e. The van der Waals surface area contributed by atoms with Gasteiger partial charge in [-0.25, -0.2) is 0 Å². The number of hydrogen-bond donors (Lipinski definition) is 0. The molecule has 0 unspecified atom stereocenters. The summed E-state index contributed by atoms with van der Waals surface area (Å²) in [6.07, 6.45) is 5.77. The fraction of sp³-hybridized carbons (Fsp3) is 0.576. The Hall–Kier alpha value is -2.86. The Kier molecular flexibility index (Phi) is 8.04. The van der Waals surface area contributed by atoms with Gasteiger partial charge >= 0.3 is 5.97 Å². The molecule has 3 fully saturated rings. The van der Waals surface area contributed by atoms with Gasteiger partial charge in [0.15, 0.2) is 0 Å². The first kappa shape index (κ1) is 27.7. The lowest BCUT2D eigenvalue weighted by Crippen LogP contribution is -2.69. The molecule has 3 atom stereocenters. The number of carbonyl (C=O) groups excluding carboxylic acids is 2. The van der Waals surface area contributed by atoms with E-state index in [1.807, 2.05) is 42.5 Å². The fourth-order valence-electron chi connectivity index (χ4n) is 7.21. The van der Waals surface area contributed by atoms with E-state index in [1.54, 1.807) is 14.0 Å². The number of carbonyl (C=O) groups is 2. The molecule has 0 bridgehead atoms. The van der Waals surface area contributed by atoms with Crippen molar-refractivity contribution in [3.05, 3.63) is 65.7 Å². The summed E-state index contributed by atoms with van der Waals surface area (Å²) < 4.78 is 12.1. The van der Waals surface area contributed by atoms with Gasteiger partial charge in [0.25, 0.3) is 5.91 Å². The molecule has 1 saturated heterocycles. The molecule has 1 aliphatic heterocycles. The molecule has 0 radical (unpaired) electrons. The smallest absolute Gasteiger partial charge is 0.303 e. The Balaban J connectivity index is 1.57. The zero-order chi connectivity index (χ0) is 27.6. The Morgan fingerprint density at radius 1 is 1.05 bits per heavy atom. The second-order valence-electron chi connectivity index (χ2n) is 12.4. The molecule has 2 saturated carbocycles. The average molecular weight is 533 g/mol. The number of esters is 1. The first-order valence-electron chi connectivity index (χ1n) is 14.7. The van der Waals surface area contributed by atoms with Gasteiger partial charge in [-0.1, -0.05) is 44.2 Å². The van der Waals surface area contributed by atoms with Crippen molar-refractivity contribution in [2.45, 2.75) is 76.4 Å². The Labute approximate surface area is 233 Å². The number of likely N-dealkylation sites (tertiary alicyclic amines) is 1. The van der Waals surface area contributed by atoms with E-state index in [-0.39, 0.29) is 17.9 Å². The molecule has 1 amide bonds. The van der Waals surface area contributed by atoms with Crippen molar-refractivity contribution >= 4 is 11.9 Å². The lowest BCUT2D eigenvalue weighted by Gasteiger charge is -2.60. The third-order valence-electron chi connectivity index (χ3n) is 9.13. The molecule has 210 valence electrons. The van der Waals surface area contributed by atoms with Crippen molar-refractivity contribution in [2.75, 3.05) is 33.3 Å². The van der Waals surface area contributed by atoms with Crippen LogP contribution in [-0.4, -0.2) is 66.6 Å². The summed E-state index contributed by atoms with van der Waals surface area (Å²) in [7, 11) is 1.70. The molecule has 0 aromatic heterocycles. The molecular weight excluding hydrogens is 488 g/mol. The zero-order valence-corrected chi connectivity index (χ0v) is 24.0. The van der Waals surface area contributed by atoms with Gasteiger partial charge in [-0.15, -0.1) is 0 Å². The number of amides is 1. The molecule has 6 heteroatoms. The molecule has 39 heavy (non-hydrogen) atoms. The molecule has 0 spiro atoms. The van der Waals surface area contributed by atoms with Gasteiger partial charge in [0.2, 0.25) is 0 Å². The van der Waals surface area contributed by atoms with E-state index in [2.05, 4.69) is 35.8 Å². The molecule has 2 aliphatic carbocycles. The Morgan fingerprint density at radius 3 is 2.49 bits per heavy atom. The molecule has 0 N–H and O–H groups in total. The molecule has 3 aliphatic rings. The van der Waals surface area contributed by atoms with Crippen molar-refractivity contribution < 1.29 is 19.1 Å². The Bertz CT molecular complexity index is 1160. The number of methoxy groups -OCH3 is 1. The van der Waals surface area contributed by atoms with Crippen LogP contribution in [0.25, 0.3) is 0 Å². The van der Waals surface area contributed by atoms with Gasteiger partial charge in [-0.3, -0.25) is 14.5 Å². The number of piperidine rings is 1. The van der Waals surface area contributed by atoms with E-state index in [0.29, 0.717) is 12.5 Å². The van der Waals surface area contributed by atoms with Crippen LogP contribution in [-0.2, 0) is 14.9 Å². The highest BCUT2D eigenvalue weighted by Crippen LogP contribution is 2.55. The van der Waals surface area contributed by atoms with Crippen LogP contribution < -0.4 is 4.74 Å². The second kappa shape index (κ2) is 11.3. The Morgan fingerprint density at radius 2 is 1.82 bits per heavy atom. The number of rotatable bonds is 9. The summed E-state index contributed by atoms with van der Waals surface area (Å²) in [5.41, 5.74) is 0.816. The standard InChI is InChI=1S/C33H44N2O4/c1-24(2)21-35(31(37)27-9-6-5-7-10-27)29-15-16-33(39-25(3)36)23-34(22-26-13-14-26)18-17-32(33,20-29)28-11-8-12-30(19-28)38-4/h5-12,19,24,26,29H,13-18,20-23H2,1-4H3/t29-,32+,33+/m1/s1. The summed E-state index contributed by atoms with van der Waals surface area (Å²) in [6, 6.07) is 18.0. The topological polar surface area (TPSA) is 59.1 Å². The normalized spacial score (nSPS) is 27.1. The monoisotopic (exact) mass is 532 g/mol. The predicted molar refractivity (Wildman–Crippen MR) is 153 cm³/mol. The van der Waals surface area contributed by atoms with E-state index in [4.69, 9.17) is 9.47 Å². The van der Waals surface area contributed by atoms with E-state index in [0.717, 1.165) is 68.1 Å². The van der Waals surface area contributed by atoms with E-state index < -0.39 is 11.0 Å². The van der Waals surface area contributed by atoms with Crippen LogP contribution in [0.5, 0.6) is 5.75 Å². The minimum Gasteiger partial charge on any atom is -0.497 e. The van der Waals surface area contributed by atoms with Crippen LogP contribution in [0.2, 0.25) is 0 Å². The summed E-state index contributed by atoms with van der Waals surface area (Å²) in [6.45, 7) is 9.36. The van der Waals surface area contributed by atoms with Gasteiger partial charge in [-0.05, 0) is 86.7 Å². The number of fused-ring (bicyclic) bond motifs is 1. The number of ether oxygens (including phenoxy) is 2. The van der Waals surface area contributed by atoms with Crippen molar-refractivity contribution in [3.63, 3.8) is 0 Å². The predicted octanol–water partition coefficient (Wildman–Crippen LogP) is 5.70. The summed E-state index contributed by atoms with van der Waals surface area (Å²) in [4.78, 5) is 31.3. The van der Waals surface area contributed by atoms with E-state index >= 15 is 0 Å². The van der Waals surface area contributed by atoms with Crippen molar-refractivity contribution in [1.29, 1.82) is 0 Å². The first-order chi connectivity index (χ1) is 18.7. The molecule has 5 rings (SSSR count). The minimum absolute atomic E-state index is 0.0463. The summed E-state index contributed by atoms with van der Waals surface area (Å²) >= 11 is 0. The molecule has 1 heterocycles. The lowest BCUT2D eigenvalue weighted by molar-refractivity contribution is -0.189. The summed E-state index contributed by atoms with van der Waals surface area (Å²) in [5, 5.41) is 0. The van der Waals surface area contributed by atoms with Gasteiger partial charge in [0, 0.05) is 43.6 Å². The van der Waals surface area contributed by atoms with Crippen LogP contribution in [0.4, 0.5) is 0 Å². The van der Waals surface area contributed by atoms with Crippen molar-refractivity contribution in [2.24, 2.45) is 11.8 Å². The lowest BCUT2D eigenvalue weighted by atomic mass is 9.54. The summed E-state index contributed by atoms with van der Waals surface area (Å²) in [5.74, 6) is 1.77. The number of nitrogens with zero attached hydrogens (tertiary/aromatic N) is 2. The van der Waals surface area contributed by atoms with Gasteiger partial charge < -0.3 is 14.4 Å². The number of hydrogen-bond acceptors (Lipinski definition) is 5. The van der Waals surface area contributed by atoms with E-state index in [9.17, 15) is 9.59 Å². The van der Waals surface area contributed by atoms with Crippen LogP contribution >= 0.6 is 0 Å². The maximum Gasteiger partial charge on any atom is 0.303 e. The fourth-order valence-corrected chi connectivity index (χ4v) is 7.21. The van der Waals surface area contributed by atoms with E-state index in [1.165, 1.54) is 12.8 Å². The molecule has 6 nitrogen and oxygen atoms in total. The SMILES string of the molecule is COc1cccc([C@@]23CCN(CC4CC4)C[C@@]2(OC(C)=O)CC[C@@H](N(CC(C)C)C(=O)c2ccccc2)C3)c1. The third-order valence-corrected chi connectivity index (χ3v) is 9.13. The van der Waals surface area contributed by atoms with Crippen LogP contribution in [0.1, 0.15) is 75.2 Å². The number of benzene rings is 2. The van der Waals surface area contributed by atoms with Crippen LogP contribution in [0.3, 0.4) is 0 Å². The van der Waals surface area contributed by atoms with Crippen molar-refractivity contribution in [3.8, 4) is 5.75 Å². The zero-order valence-electron chi connectivity index (χ0n) is 24.0. The average Bonchev–Trinajstić information content (AvgIpc) is 3.75. The van der Waals surface area contributed by atoms with Crippen molar-refractivity contribution in [1.82, 2.24) is 9.80 Å². The highest BCUT2D eigenvalue weighted by Gasteiger charge is 2.61. The first-order valence-corrected chi connectivity index (χ1v) is 14.7. The van der Waals surface area contributed by atoms with Gasteiger partial charge in [-0.2, -0.15) is 0 Å². The highest BCUT2D eigenvalue weighted by atomic mass is 16.6. The third kappa shape index (κ3) is 5.72. The van der Waals surface area contributed by atoms with Gasteiger partial charge in [0.1, 0.15) is 11.4 Å². The van der Waals surface area contributed by atoms with Crippen LogP contribution in [0.15, 0.2) is 54.6 Å². The molecule has 2 aromatic rings. The minimum atomic E-state index is -0.645. The molecular formula is C33H44N2O4. The maximum atomic E-state index is 13.9. The second-order valence-corrected chi connectivity index (χ2v) is 12.4. The highest BCUT2D eigenvalue weighted by molar-refractivity contribution is 5.94. The van der Waals surface area contributed by atoms with Gasteiger partial charge in [0.05, 0.1) is 7.11 Å².